The standard InChI is InChI=1S/C13H26N4O3S/c1-4-20-10-6-8-15-21(18,19)13-11(2)16-17(12(13)3)9-5-7-14/h15H,4-10,14H2,1-3H3. The van der Waals surface area contributed by atoms with E-state index in [1.54, 1.807) is 18.5 Å². The van der Waals surface area contributed by atoms with Crippen LogP contribution in [-0.2, 0) is 21.3 Å². The molecular formula is C13H26N4O3S. The number of hydrogen-bond acceptors (Lipinski definition) is 5. The van der Waals surface area contributed by atoms with Crippen molar-refractivity contribution in [2.45, 2.75) is 45.1 Å². The van der Waals surface area contributed by atoms with Crippen molar-refractivity contribution in [1.82, 2.24) is 14.5 Å². The number of nitrogens with one attached hydrogen (secondary N) is 1. The van der Waals surface area contributed by atoms with E-state index in [1.807, 2.05) is 6.92 Å². The topological polar surface area (TPSA) is 99.2 Å². The quantitative estimate of drug-likeness (QED) is 0.614. The summed E-state index contributed by atoms with van der Waals surface area (Å²) in [6.45, 7) is 8.11. The van der Waals surface area contributed by atoms with E-state index in [0.717, 1.165) is 6.42 Å². The van der Waals surface area contributed by atoms with Crippen LogP contribution in [0, 0.1) is 13.8 Å². The van der Waals surface area contributed by atoms with E-state index in [4.69, 9.17) is 10.5 Å². The molecule has 0 aliphatic carbocycles. The van der Waals surface area contributed by atoms with Crippen LogP contribution in [-0.4, -0.2) is 44.5 Å². The molecule has 1 heterocycles. The number of nitrogens with two attached hydrogens (primary N) is 1. The molecule has 0 aliphatic heterocycles. The molecule has 21 heavy (non-hydrogen) atoms. The smallest absolute Gasteiger partial charge is 0.244 e. The molecule has 122 valence electrons. The van der Waals surface area contributed by atoms with E-state index in [-0.39, 0.29) is 4.90 Å². The van der Waals surface area contributed by atoms with Gasteiger partial charge in [-0.1, -0.05) is 0 Å². The fourth-order valence-corrected chi connectivity index (χ4v) is 3.61. The van der Waals surface area contributed by atoms with Crippen LogP contribution in [0.5, 0.6) is 0 Å². The lowest BCUT2D eigenvalue weighted by Crippen LogP contribution is -2.26. The summed E-state index contributed by atoms with van der Waals surface area (Å²) in [6, 6.07) is 0. The molecule has 1 rings (SSSR count). The number of ether oxygens (including phenoxy) is 1. The van der Waals surface area contributed by atoms with Crippen LogP contribution in [0.1, 0.15) is 31.2 Å². The van der Waals surface area contributed by atoms with Gasteiger partial charge < -0.3 is 10.5 Å². The summed E-state index contributed by atoms with van der Waals surface area (Å²) in [4.78, 5) is 0.274. The minimum atomic E-state index is -3.53. The summed E-state index contributed by atoms with van der Waals surface area (Å²) in [5.74, 6) is 0. The first kappa shape index (κ1) is 18.1. The van der Waals surface area contributed by atoms with E-state index in [0.29, 0.717) is 50.7 Å². The second-order valence-corrected chi connectivity index (χ2v) is 6.52. The second-order valence-electron chi connectivity index (χ2n) is 4.81. The van der Waals surface area contributed by atoms with Crippen molar-refractivity contribution in [1.29, 1.82) is 0 Å². The number of sulfonamides is 1. The zero-order valence-corrected chi connectivity index (χ0v) is 13.9. The van der Waals surface area contributed by atoms with E-state index in [9.17, 15) is 8.42 Å². The minimum Gasteiger partial charge on any atom is -0.382 e. The van der Waals surface area contributed by atoms with E-state index >= 15 is 0 Å². The average molecular weight is 318 g/mol. The van der Waals surface area contributed by atoms with E-state index in [2.05, 4.69) is 9.82 Å². The van der Waals surface area contributed by atoms with Gasteiger partial charge in [-0.3, -0.25) is 4.68 Å². The second kappa shape index (κ2) is 8.47. The highest BCUT2D eigenvalue weighted by Gasteiger charge is 2.23. The van der Waals surface area contributed by atoms with Crippen molar-refractivity contribution >= 4 is 10.0 Å². The summed E-state index contributed by atoms with van der Waals surface area (Å²) < 4.78 is 34.2. The predicted molar refractivity (Wildman–Crippen MR) is 81.7 cm³/mol. The summed E-state index contributed by atoms with van der Waals surface area (Å²) in [7, 11) is -3.53. The monoisotopic (exact) mass is 318 g/mol. The molecule has 3 N–H and O–H groups in total. The fraction of sp³-hybridized carbons (Fsp3) is 0.769. The number of nitrogens with zero attached hydrogens (tertiary/aromatic N) is 2. The van der Waals surface area contributed by atoms with Gasteiger partial charge in [-0.2, -0.15) is 5.10 Å². The van der Waals surface area contributed by atoms with Crippen LogP contribution in [0.25, 0.3) is 0 Å². The third-order valence-electron chi connectivity index (χ3n) is 3.12. The predicted octanol–water partition coefficient (Wildman–Crippen LogP) is 0.554. The van der Waals surface area contributed by atoms with Crippen molar-refractivity contribution < 1.29 is 13.2 Å². The molecule has 0 atom stereocenters. The molecule has 0 unspecified atom stereocenters. The summed E-state index contributed by atoms with van der Waals surface area (Å²) >= 11 is 0. The zero-order chi connectivity index (χ0) is 15.9. The van der Waals surface area contributed by atoms with Gasteiger partial charge in [0.1, 0.15) is 4.90 Å². The van der Waals surface area contributed by atoms with Gasteiger partial charge in [0.25, 0.3) is 0 Å². The van der Waals surface area contributed by atoms with Crippen molar-refractivity contribution in [3.8, 4) is 0 Å². The average Bonchev–Trinajstić information content (AvgIpc) is 2.71. The third kappa shape index (κ3) is 5.06. The van der Waals surface area contributed by atoms with Crippen molar-refractivity contribution in [2.75, 3.05) is 26.3 Å². The normalized spacial score (nSPS) is 12.0. The number of rotatable bonds is 10. The number of aromatic nitrogens is 2. The summed E-state index contributed by atoms with van der Waals surface area (Å²) in [6.07, 6.45) is 1.41. The molecule has 0 fully saturated rings. The van der Waals surface area contributed by atoms with Gasteiger partial charge in [0.05, 0.1) is 11.4 Å². The Morgan fingerprint density at radius 3 is 2.67 bits per heavy atom. The van der Waals surface area contributed by atoms with E-state index in [1.165, 1.54) is 0 Å². The summed E-state index contributed by atoms with van der Waals surface area (Å²) in [5, 5.41) is 4.29. The van der Waals surface area contributed by atoms with Crippen LogP contribution < -0.4 is 10.5 Å². The highest BCUT2D eigenvalue weighted by atomic mass is 32.2. The molecule has 0 amide bonds. The maximum Gasteiger partial charge on any atom is 0.244 e. The third-order valence-corrected chi connectivity index (χ3v) is 4.83. The number of hydrogen-bond donors (Lipinski definition) is 2. The first-order chi connectivity index (χ1) is 9.94. The van der Waals surface area contributed by atoms with Gasteiger partial charge in [-0.05, 0) is 40.2 Å². The molecule has 0 spiro atoms. The van der Waals surface area contributed by atoms with Gasteiger partial charge in [0.15, 0.2) is 0 Å². The largest absolute Gasteiger partial charge is 0.382 e. The molecule has 0 saturated heterocycles. The van der Waals surface area contributed by atoms with Crippen LogP contribution >= 0.6 is 0 Å². The van der Waals surface area contributed by atoms with Crippen LogP contribution in [0.3, 0.4) is 0 Å². The fourth-order valence-electron chi connectivity index (χ4n) is 2.13. The first-order valence-electron chi connectivity index (χ1n) is 7.25. The Labute approximate surface area is 126 Å². The lowest BCUT2D eigenvalue weighted by molar-refractivity contribution is 0.146. The molecule has 8 heteroatoms. The van der Waals surface area contributed by atoms with Crippen LogP contribution in [0.15, 0.2) is 4.90 Å². The molecule has 1 aromatic heterocycles. The molecule has 0 saturated carbocycles. The Bertz CT molecular complexity index is 540. The van der Waals surface area contributed by atoms with Gasteiger partial charge >= 0.3 is 0 Å². The van der Waals surface area contributed by atoms with E-state index < -0.39 is 10.0 Å². The summed E-state index contributed by atoms with van der Waals surface area (Å²) in [5.41, 5.74) is 6.65. The Morgan fingerprint density at radius 2 is 2.05 bits per heavy atom. The van der Waals surface area contributed by atoms with Crippen molar-refractivity contribution in [3.63, 3.8) is 0 Å². The maximum atomic E-state index is 12.4. The minimum absolute atomic E-state index is 0.274. The first-order valence-corrected chi connectivity index (χ1v) is 8.73. The van der Waals surface area contributed by atoms with Crippen LogP contribution in [0.2, 0.25) is 0 Å². The SMILES string of the molecule is CCOCCCNS(=O)(=O)c1c(C)nn(CCCN)c1C. The Kier molecular flexibility index (Phi) is 7.30. The molecule has 0 radical (unpaired) electrons. The highest BCUT2D eigenvalue weighted by Crippen LogP contribution is 2.19. The highest BCUT2D eigenvalue weighted by molar-refractivity contribution is 7.89. The molecule has 7 nitrogen and oxygen atoms in total. The van der Waals surface area contributed by atoms with Gasteiger partial charge in [0, 0.05) is 26.3 Å². The number of aryl methyl sites for hydroxylation is 2. The Balaban J connectivity index is 2.76. The van der Waals surface area contributed by atoms with Gasteiger partial charge in [-0.25, -0.2) is 13.1 Å². The lowest BCUT2D eigenvalue weighted by atomic mass is 10.4. The molecular weight excluding hydrogens is 292 g/mol. The van der Waals surface area contributed by atoms with Crippen molar-refractivity contribution in [3.05, 3.63) is 11.4 Å². The van der Waals surface area contributed by atoms with Crippen LogP contribution in [0.4, 0.5) is 0 Å². The van der Waals surface area contributed by atoms with Gasteiger partial charge in [-0.15, -0.1) is 0 Å². The Hall–Kier alpha value is -0.960. The molecule has 1 aromatic rings. The maximum absolute atomic E-state index is 12.4. The molecule has 0 aliphatic rings. The Morgan fingerprint density at radius 1 is 1.33 bits per heavy atom. The zero-order valence-electron chi connectivity index (χ0n) is 13.1. The lowest BCUT2D eigenvalue weighted by Gasteiger charge is -2.08. The van der Waals surface area contributed by atoms with Crippen molar-refractivity contribution in [2.24, 2.45) is 5.73 Å². The molecule has 0 aromatic carbocycles. The molecule has 0 bridgehead atoms. The van der Waals surface area contributed by atoms with Gasteiger partial charge in [0.2, 0.25) is 10.0 Å².